The Morgan fingerprint density at radius 3 is 2.95 bits per heavy atom. The van der Waals surface area contributed by atoms with Crippen LogP contribution in [0.25, 0.3) is 0 Å². The van der Waals surface area contributed by atoms with Crippen LogP contribution in [-0.2, 0) is 11.3 Å². The summed E-state index contributed by atoms with van der Waals surface area (Å²) < 4.78 is 18.8. The van der Waals surface area contributed by atoms with Crippen LogP contribution in [0.3, 0.4) is 0 Å². The molecule has 1 aliphatic heterocycles. The maximum absolute atomic E-state index is 13.2. The SMILES string of the molecule is CCNC(=NCC1CCCO1)N(C)Cc1cccc(F)c1.I. The number of guanidine groups is 1. The van der Waals surface area contributed by atoms with Gasteiger partial charge in [0.05, 0.1) is 12.6 Å². The lowest BCUT2D eigenvalue weighted by Crippen LogP contribution is -2.39. The Morgan fingerprint density at radius 1 is 1.50 bits per heavy atom. The first-order valence-corrected chi connectivity index (χ1v) is 7.54. The predicted octanol–water partition coefficient (Wildman–Crippen LogP) is 3.02. The average Bonchev–Trinajstić information content (AvgIpc) is 2.96. The summed E-state index contributed by atoms with van der Waals surface area (Å²) in [6.45, 7) is 4.98. The van der Waals surface area contributed by atoms with E-state index in [0.29, 0.717) is 13.1 Å². The Bertz CT molecular complexity index is 478. The van der Waals surface area contributed by atoms with Gasteiger partial charge in [-0.1, -0.05) is 12.1 Å². The molecule has 0 amide bonds. The molecule has 1 unspecified atom stereocenters. The number of nitrogens with one attached hydrogen (secondary N) is 1. The van der Waals surface area contributed by atoms with Gasteiger partial charge in [-0.2, -0.15) is 0 Å². The van der Waals surface area contributed by atoms with Crippen molar-refractivity contribution >= 4 is 29.9 Å². The maximum atomic E-state index is 13.2. The van der Waals surface area contributed by atoms with Crippen molar-refractivity contribution in [2.45, 2.75) is 32.4 Å². The van der Waals surface area contributed by atoms with Gasteiger partial charge in [-0.05, 0) is 37.5 Å². The van der Waals surface area contributed by atoms with Gasteiger partial charge in [0.1, 0.15) is 5.82 Å². The van der Waals surface area contributed by atoms with E-state index in [2.05, 4.69) is 10.3 Å². The highest BCUT2D eigenvalue weighted by Crippen LogP contribution is 2.12. The molecule has 0 aliphatic carbocycles. The van der Waals surface area contributed by atoms with Crippen molar-refractivity contribution in [1.29, 1.82) is 0 Å². The van der Waals surface area contributed by atoms with Crippen molar-refractivity contribution in [3.8, 4) is 0 Å². The number of hydrogen-bond acceptors (Lipinski definition) is 2. The zero-order chi connectivity index (χ0) is 15.1. The maximum Gasteiger partial charge on any atom is 0.194 e. The van der Waals surface area contributed by atoms with Crippen molar-refractivity contribution in [2.75, 3.05) is 26.7 Å². The van der Waals surface area contributed by atoms with Crippen LogP contribution in [-0.4, -0.2) is 43.7 Å². The third-order valence-electron chi connectivity index (χ3n) is 3.47. The number of aliphatic imine (C=N–C) groups is 1. The molecule has 1 N–H and O–H groups in total. The normalized spacial score (nSPS) is 18.0. The summed E-state index contributed by atoms with van der Waals surface area (Å²) in [5.74, 6) is 0.624. The van der Waals surface area contributed by atoms with Crippen LogP contribution in [0.5, 0.6) is 0 Å². The number of halogens is 2. The highest BCUT2D eigenvalue weighted by Gasteiger charge is 2.15. The van der Waals surface area contributed by atoms with Crippen LogP contribution in [0.2, 0.25) is 0 Å². The molecule has 6 heteroatoms. The van der Waals surface area contributed by atoms with E-state index in [1.807, 2.05) is 24.9 Å². The second-order valence-electron chi connectivity index (χ2n) is 5.32. The van der Waals surface area contributed by atoms with Gasteiger partial charge in [-0.3, -0.25) is 4.99 Å². The highest BCUT2D eigenvalue weighted by molar-refractivity contribution is 14.0. The minimum Gasteiger partial charge on any atom is -0.376 e. The first-order chi connectivity index (χ1) is 10.2. The molecule has 2 rings (SSSR count). The smallest absolute Gasteiger partial charge is 0.194 e. The van der Waals surface area contributed by atoms with Crippen LogP contribution in [0.4, 0.5) is 4.39 Å². The van der Waals surface area contributed by atoms with E-state index < -0.39 is 0 Å². The number of rotatable bonds is 5. The van der Waals surface area contributed by atoms with Crippen LogP contribution < -0.4 is 5.32 Å². The molecule has 0 bridgehead atoms. The lowest BCUT2D eigenvalue weighted by molar-refractivity contribution is 0.117. The van der Waals surface area contributed by atoms with Crippen molar-refractivity contribution in [3.63, 3.8) is 0 Å². The fourth-order valence-electron chi connectivity index (χ4n) is 2.43. The molecule has 4 nitrogen and oxygen atoms in total. The summed E-state index contributed by atoms with van der Waals surface area (Å²) in [6.07, 6.45) is 2.44. The average molecular weight is 421 g/mol. The second kappa shape index (κ2) is 9.99. The lowest BCUT2D eigenvalue weighted by atomic mass is 10.2. The van der Waals surface area contributed by atoms with Crippen LogP contribution in [0, 0.1) is 5.82 Å². The largest absolute Gasteiger partial charge is 0.376 e. The summed E-state index contributed by atoms with van der Waals surface area (Å²) in [7, 11) is 1.96. The van der Waals surface area contributed by atoms with Gasteiger partial charge >= 0.3 is 0 Å². The van der Waals surface area contributed by atoms with Gasteiger partial charge in [-0.25, -0.2) is 4.39 Å². The molecule has 22 heavy (non-hydrogen) atoms. The van der Waals surface area contributed by atoms with Crippen LogP contribution >= 0.6 is 24.0 Å². The van der Waals surface area contributed by atoms with E-state index in [-0.39, 0.29) is 35.9 Å². The molecule has 1 fully saturated rings. The predicted molar refractivity (Wildman–Crippen MR) is 98.2 cm³/mol. The molecule has 1 aromatic carbocycles. The molecular formula is C16H25FIN3O. The minimum absolute atomic E-state index is 0. The monoisotopic (exact) mass is 421 g/mol. The van der Waals surface area contributed by atoms with Gasteiger partial charge in [0, 0.05) is 26.7 Å². The summed E-state index contributed by atoms with van der Waals surface area (Å²) >= 11 is 0. The fourth-order valence-corrected chi connectivity index (χ4v) is 2.43. The topological polar surface area (TPSA) is 36.9 Å². The van der Waals surface area contributed by atoms with Crippen molar-refractivity contribution in [2.24, 2.45) is 4.99 Å². The lowest BCUT2D eigenvalue weighted by Gasteiger charge is -2.22. The van der Waals surface area contributed by atoms with Crippen molar-refractivity contribution < 1.29 is 9.13 Å². The minimum atomic E-state index is -0.206. The van der Waals surface area contributed by atoms with E-state index in [4.69, 9.17) is 4.74 Å². The number of benzene rings is 1. The molecule has 1 atom stereocenters. The third kappa shape index (κ3) is 6.08. The van der Waals surface area contributed by atoms with Gasteiger partial charge in [0.25, 0.3) is 0 Å². The summed E-state index contributed by atoms with van der Waals surface area (Å²) in [4.78, 5) is 6.63. The molecule has 0 saturated carbocycles. The van der Waals surface area contributed by atoms with E-state index in [1.165, 1.54) is 6.07 Å². The Balaban J connectivity index is 0.00000242. The Kier molecular flexibility index (Phi) is 8.70. The highest BCUT2D eigenvalue weighted by atomic mass is 127. The van der Waals surface area contributed by atoms with Gasteiger partial charge in [-0.15, -0.1) is 24.0 Å². The Hall–Kier alpha value is -0.890. The van der Waals surface area contributed by atoms with E-state index >= 15 is 0 Å². The first-order valence-electron chi connectivity index (χ1n) is 7.54. The standard InChI is InChI=1S/C16H24FN3O.HI/c1-3-18-16(19-11-15-8-5-9-21-15)20(2)12-13-6-4-7-14(17)10-13;/h4,6-7,10,15H,3,5,8-9,11-12H2,1-2H3,(H,18,19);1H. The summed E-state index contributed by atoms with van der Waals surface area (Å²) in [5.41, 5.74) is 0.931. The first kappa shape index (κ1) is 19.2. The number of ether oxygens (including phenoxy) is 1. The zero-order valence-corrected chi connectivity index (χ0v) is 15.5. The molecule has 0 aromatic heterocycles. The molecule has 1 aromatic rings. The molecule has 1 saturated heterocycles. The third-order valence-corrected chi connectivity index (χ3v) is 3.47. The molecule has 1 aliphatic rings. The van der Waals surface area contributed by atoms with Gasteiger partial charge in [0.2, 0.25) is 0 Å². The Morgan fingerprint density at radius 2 is 2.32 bits per heavy atom. The zero-order valence-electron chi connectivity index (χ0n) is 13.2. The fraction of sp³-hybridized carbons (Fsp3) is 0.562. The van der Waals surface area contributed by atoms with E-state index in [1.54, 1.807) is 12.1 Å². The van der Waals surface area contributed by atoms with Gasteiger partial charge in [0.15, 0.2) is 5.96 Å². The summed E-state index contributed by atoms with van der Waals surface area (Å²) in [5, 5.41) is 3.27. The van der Waals surface area contributed by atoms with Crippen LogP contribution in [0.1, 0.15) is 25.3 Å². The van der Waals surface area contributed by atoms with Crippen LogP contribution in [0.15, 0.2) is 29.3 Å². The molecule has 0 radical (unpaired) electrons. The molecule has 124 valence electrons. The molecular weight excluding hydrogens is 396 g/mol. The number of hydrogen-bond donors (Lipinski definition) is 1. The summed E-state index contributed by atoms with van der Waals surface area (Å²) in [6, 6.07) is 6.67. The Labute approximate surface area is 149 Å². The molecule has 0 spiro atoms. The van der Waals surface area contributed by atoms with Gasteiger partial charge < -0.3 is 15.0 Å². The van der Waals surface area contributed by atoms with Crippen molar-refractivity contribution in [3.05, 3.63) is 35.6 Å². The quantitative estimate of drug-likeness (QED) is 0.451. The molecule has 1 heterocycles. The number of nitrogens with zero attached hydrogens (tertiary/aromatic N) is 2. The van der Waals surface area contributed by atoms with E-state index in [9.17, 15) is 4.39 Å². The van der Waals surface area contributed by atoms with Crippen molar-refractivity contribution in [1.82, 2.24) is 10.2 Å². The second-order valence-corrected chi connectivity index (χ2v) is 5.32. The van der Waals surface area contributed by atoms with E-state index in [0.717, 1.165) is 37.5 Å².